The SMILES string of the molecule is COc1ccc(-c2noc(CN(CC3CCCCC3)C3CC3)n2)cc1OC. The first kappa shape index (κ1) is 18.3. The minimum atomic E-state index is 0.597. The topological polar surface area (TPSA) is 60.6 Å². The summed E-state index contributed by atoms with van der Waals surface area (Å²) in [4.78, 5) is 7.20. The van der Waals surface area contributed by atoms with Gasteiger partial charge in [-0.15, -0.1) is 0 Å². The van der Waals surface area contributed by atoms with E-state index in [-0.39, 0.29) is 0 Å². The van der Waals surface area contributed by atoms with Crippen LogP contribution in [0.15, 0.2) is 22.7 Å². The largest absolute Gasteiger partial charge is 0.493 e. The van der Waals surface area contributed by atoms with Gasteiger partial charge in [0.1, 0.15) is 0 Å². The molecule has 0 unspecified atom stereocenters. The maximum atomic E-state index is 5.57. The number of benzene rings is 1. The summed E-state index contributed by atoms with van der Waals surface area (Å²) >= 11 is 0. The molecule has 0 saturated heterocycles. The van der Waals surface area contributed by atoms with Gasteiger partial charge in [-0.2, -0.15) is 4.98 Å². The van der Waals surface area contributed by atoms with Crippen LogP contribution < -0.4 is 9.47 Å². The molecule has 2 aromatic rings. The molecule has 146 valence electrons. The van der Waals surface area contributed by atoms with Crippen molar-refractivity contribution in [3.8, 4) is 22.9 Å². The van der Waals surface area contributed by atoms with Crippen LogP contribution in [-0.4, -0.2) is 41.8 Å². The molecule has 1 heterocycles. The van der Waals surface area contributed by atoms with E-state index in [4.69, 9.17) is 14.0 Å². The van der Waals surface area contributed by atoms with E-state index in [1.54, 1.807) is 14.2 Å². The van der Waals surface area contributed by atoms with Gasteiger partial charge in [0.25, 0.3) is 0 Å². The Morgan fingerprint density at radius 2 is 1.81 bits per heavy atom. The van der Waals surface area contributed by atoms with E-state index in [1.165, 1.54) is 51.5 Å². The molecule has 2 aliphatic rings. The van der Waals surface area contributed by atoms with Crippen molar-refractivity contribution in [1.29, 1.82) is 0 Å². The molecule has 0 spiro atoms. The van der Waals surface area contributed by atoms with Gasteiger partial charge in [-0.3, -0.25) is 4.90 Å². The third-order valence-electron chi connectivity index (χ3n) is 5.73. The smallest absolute Gasteiger partial charge is 0.241 e. The number of aromatic nitrogens is 2. The number of hydrogen-bond donors (Lipinski definition) is 0. The Balaban J connectivity index is 1.45. The maximum Gasteiger partial charge on any atom is 0.241 e. The third kappa shape index (κ3) is 4.43. The van der Waals surface area contributed by atoms with Crippen molar-refractivity contribution < 1.29 is 14.0 Å². The standard InChI is InChI=1S/C21H29N3O3/c1-25-18-11-8-16(12-19(18)26-2)21-22-20(27-23-21)14-24(17-9-10-17)13-15-6-4-3-5-7-15/h8,11-12,15,17H,3-7,9-10,13-14H2,1-2H3. The Kier molecular flexibility index (Phi) is 5.62. The lowest BCUT2D eigenvalue weighted by atomic mass is 9.89. The normalized spacial score (nSPS) is 18.0. The molecule has 0 amide bonds. The van der Waals surface area contributed by atoms with Gasteiger partial charge in [0, 0.05) is 18.2 Å². The Morgan fingerprint density at radius 3 is 2.52 bits per heavy atom. The highest BCUT2D eigenvalue weighted by atomic mass is 16.5. The van der Waals surface area contributed by atoms with Crippen molar-refractivity contribution in [3.05, 3.63) is 24.1 Å². The quantitative estimate of drug-likeness (QED) is 0.689. The van der Waals surface area contributed by atoms with Gasteiger partial charge in [-0.05, 0) is 49.8 Å². The van der Waals surface area contributed by atoms with Crippen molar-refractivity contribution in [1.82, 2.24) is 15.0 Å². The summed E-state index contributed by atoms with van der Waals surface area (Å²) in [6.07, 6.45) is 9.49. The minimum absolute atomic E-state index is 0.597. The van der Waals surface area contributed by atoms with E-state index in [1.807, 2.05) is 18.2 Å². The second kappa shape index (κ2) is 8.30. The van der Waals surface area contributed by atoms with E-state index in [0.29, 0.717) is 29.3 Å². The molecular formula is C21H29N3O3. The molecule has 6 nitrogen and oxygen atoms in total. The van der Waals surface area contributed by atoms with Crippen LogP contribution in [0.5, 0.6) is 11.5 Å². The Labute approximate surface area is 160 Å². The molecule has 0 bridgehead atoms. The molecule has 0 atom stereocenters. The highest BCUT2D eigenvalue weighted by Crippen LogP contribution is 2.33. The number of hydrogen-bond acceptors (Lipinski definition) is 6. The molecule has 0 N–H and O–H groups in total. The van der Waals surface area contributed by atoms with Crippen molar-refractivity contribution >= 4 is 0 Å². The van der Waals surface area contributed by atoms with E-state index in [2.05, 4.69) is 15.0 Å². The highest BCUT2D eigenvalue weighted by Gasteiger charge is 2.32. The monoisotopic (exact) mass is 371 g/mol. The predicted molar refractivity (Wildman–Crippen MR) is 103 cm³/mol. The fourth-order valence-corrected chi connectivity index (χ4v) is 4.07. The number of rotatable bonds is 8. The lowest BCUT2D eigenvalue weighted by Gasteiger charge is -2.28. The zero-order chi connectivity index (χ0) is 18.6. The summed E-state index contributed by atoms with van der Waals surface area (Å²) in [7, 11) is 3.25. The van der Waals surface area contributed by atoms with Gasteiger partial charge in [-0.25, -0.2) is 0 Å². The van der Waals surface area contributed by atoms with Gasteiger partial charge in [0.2, 0.25) is 11.7 Å². The average Bonchev–Trinajstić information content (AvgIpc) is 3.46. The number of methoxy groups -OCH3 is 2. The maximum absolute atomic E-state index is 5.57. The second-order valence-electron chi connectivity index (χ2n) is 7.75. The molecule has 2 saturated carbocycles. The first-order valence-electron chi connectivity index (χ1n) is 10.1. The second-order valence-corrected chi connectivity index (χ2v) is 7.75. The minimum Gasteiger partial charge on any atom is -0.493 e. The zero-order valence-electron chi connectivity index (χ0n) is 16.3. The van der Waals surface area contributed by atoms with Gasteiger partial charge in [0.05, 0.1) is 20.8 Å². The van der Waals surface area contributed by atoms with Gasteiger partial charge in [0.15, 0.2) is 11.5 Å². The summed E-state index contributed by atoms with van der Waals surface area (Å²) in [6, 6.07) is 6.37. The van der Waals surface area contributed by atoms with Crippen LogP contribution in [0.1, 0.15) is 50.8 Å². The third-order valence-corrected chi connectivity index (χ3v) is 5.73. The number of nitrogens with zero attached hydrogens (tertiary/aromatic N) is 3. The Bertz CT molecular complexity index is 751. The van der Waals surface area contributed by atoms with E-state index < -0.39 is 0 Å². The number of ether oxygens (including phenoxy) is 2. The lowest BCUT2D eigenvalue weighted by molar-refractivity contribution is 0.166. The van der Waals surface area contributed by atoms with Gasteiger partial charge < -0.3 is 14.0 Å². The predicted octanol–water partition coefficient (Wildman–Crippen LogP) is 4.30. The summed E-state index contributed by atoms with van der Waals surface area (Å²) in [5.41, 5.74) is 0.868. The first-order valence-corrected chi connectivity index (χ1v) is 10.1. The van der Waals surface area contributed by atoms with Crippen LogP contribution in [0.3, 0.4) is 0 Å². The fraction of sp³-hybridized carbons (Fsp3) is 0.619. The summed E-state index contributed by atoms with van der Waals surface area (Å²) < 4.78 is 16.2. The first-order chi connectivity index (χ1) is 13.3. The Morgan fingerprint density at radius 1 is 1.04 bits per heavy atom. The molecule has 2 fully saturated rings. The van der Waals surface area contributed by atoms with Gasteiger partial charge in [-0.1, -0.05) is 24.4 Å². The van der Waals surface area contributed by atoms with E-state index >= 15 is 0 Å². The van der Waals surface area contributed by atoms with Gasteiger partial charge >= 0.3 is 0 Å². The van der Waals surface area contributed by atoms with Crippen molar-refractivity contribution in [2.45, 2.75) is 57.5 Å². The molecule has 2 aliphatic carbocycles. The van der Waals surface area contributed by atoms with Crippen molar-refractivity contribution in [2.75, 3.05) is 20.8 Å². The van der Waals surface area contributed by atoms with E-state index in [0.717, 1.165) is 18.0 Å². The molecule has 27 heavy (non-hydrogen) atoms. The molecular weight excluding hydrogens is 342 g/mol. The van der Waals surface area contributed by atoms with Crippen LogP contribution >= 0.6 is 0 Å². The fourth-order valence-electron chi connectivity index (χ4n) is 4.07. The highest BCUT2D eigenvalue weighted by molar-refractivity contribution is 5.60. The summed E-state index contributed by atoms with van der Waals surface area (Å²) in [6.45, 7) is 1.92. The zero-order valence-corrected chi connectivity index (χ0v) is 16.3. The molecule has 0 aliphatic heterocycles. The average molecular weight is 371 g/mol. The van der Waals surface area contributed by atoms with E-state index in [9.17, 15) is 0 Å². The molecule has 1 aromatic heterocycles. The molecule has 0 radical (unpaired) electrons. The van der Waals surface area contributed by atoms with Crippen LogP contribution in [0.4, 0.5) is 0 Å². The molecule has 4 rings (SSSR count). The van der Waals surface area contributed by atoms with Crippen LogP contribution in [0.2, 0.25) is 0 Å². The molecule has 1 aromatic carbocycles. The lowest BCUT2D eigenvalue weighted by Crippen LogP contribution is -2.32. The van der Waals surface area contributed by atoms with Crippen molar-refractivity contribution in [3.63, 3.8) is 0 Å². The summed E-state index contributed by atoms with van der Waals surface area (Å²) in [5.74, 6) is 3.48. The molecule has 6 heteroatoms. The van der Waals surface area contributed by atoms with Crippen LogP contribution in [0, 0.1) is 5.92 Å². The van der Waals surface area contributed by atoms with Crippen molar-refractivity contribution in [2.24, 2.45) is 5.92 Å². The van der Waals surface area contributed by atoms with Crippen LogP contribution in [0.25, 0.3) is 11.4 Å². The van der Waals surface area contributed by atoms with Crippen LogP contribution in [-0.2, 0) is 6.54 Å². The Hall–Kier alpha value is -2.08. The summed E-state index contributed by atoms with van der Waals surface area (Å²) in [5, 5.41) is 4.19.